The maximum atomic E-state index is 13.5. The van der Waals surface area contributed by atoms with E-state index in [0.29, 0.717) is 17.9 Å². The Morgan fingerprint density at radius 2 is 1.51 bits per heavy atom. The number of methoxy groups -OCH3 is 2. The number of aromatic amines is 1. The summed E-state index contributed by atoms with van der Waals surface area (Å²) in [5.74, 6) is 1.06. The van der Waals surface area contributed by atoms with Crippen LogP contribution in [0.5, 0.6) is 11.5 Å². The van der Waals surface area contributed by atoms with Crippen LogP contribution in [0.3, 0.4) is 0 Å². The Bertz CT molecular complexity index is 2010. The second kappa shape index (κ2) is 18.5. The van der Waals surface area contributed by atoms with E-state index in [9.17, 15) is 14.9 Å². The van der Waals surface area contributed by atoms with Gasteiger partial charge in [-0.1, -0.05) is 67.9 Å². The van der Waals surface area contributed by atoms with Gasteiger partial charge >= 0.3 is 5.69 Å². The summed E-state index contributed by atoms with van der Waals surface area (Å²) in [5.41, 5.74) is -0.654. The van der Waals surface area contributed by atoms with Crippen molar-refractivity contribution in [2.75, 3.05) is 27.4 Å². The predicted molar refractivity (Wildman–Crippen MR) is 219 cm³/mol. The third kappa shape index (κ3) is 8.47. The molecule has 12 nitrogen and oxygen atoms in total. The van der Waals surface area contributed by atoms with Crippen LogP contribution in [0.15, 0.2) is 101 Å². The van der Waals surface area contributed by atoms with Crippen LogP contribution in [0.1, 0.15) is 83.2 Å². The van der Waals surface area contributed by atoms with Crippen LogP contribution >= 0.6 is 8.53 Å². The smallest absolute Gasteiger partial charge is 0.330 e. The van der Waals surface area contributed by atoms with Crippen LogP contribution in [-0.4, -0.2) is 65.4 Å². The van der Waals surface area contributed by atoms with Gasteiger partial charge in [-0.2, -0.15) is 5.26 Å². The van der Waals surface area contributed by atoms with Crippen molar-refractivity contribution in [2.45, 2.75) is 95.9 Å². The molecule has 4 aromatic rings. The van der Waals surface area contributed by atoms with Crippen LogP contribution in [-0.2, 0) is 24.1 Å². The number of nitrogens with one attached hydrogen (secondary N) is 1. The van der Waals surface area contributed by atoms with E-state index in [4.69, 9.17) is 28.0 Å². The third-order valence-electron chi connectivity index (χ3n) is 11.3. The average molecular weight is 799 g/mol. The number of H-pyrrole nitrogens is 1. The van der Waals surface area contributed by atoms with Crippen molar-refractivity contribution in [3.8, 4) is 17.6 Å². The first-order valence-corrected chi connectivity index (χ1v) is 20.9. The number of benzene rings is 3. The number of nitriles is 1. The molecule has 2 fully saturated rings. The fourth-order valence-corrected chi connectivity index (χ4v) is 10.5. The third-order valence-corrected chi connectivity index (χ3v) is 13.4. The molecular formula is C44H55N4O8P. The van der Waals surface area contributed by atoms with E-state index in [0.717, 1.165) is 29.5 Å². The first-order chi connectivity index (χ1) is 27.5. The van der Waals surface area contributed by atoms with Crippen LogP contribution in [0, 0.1) is 23.2 Å². The van der Waals surface area contributed by atoms with Crippen molar-refractivity contribution < 1.29 is 28.0 Å². The van der Waals surface area contributed by atoms with Gasteiger partial charge in [0.2, 0.25) is 0 Å². The highest BCUT2D eigenvalue weighted by molar-refractivity contribution is 7.44. The topological polar surface area (TPSA) is 137 Å². The van der Waals surface area contributed by atoms with Crippen molar-refractivity contribution in [2.24, 2.45) is 11.8 Å². The van der Waals surface area contributed by atoms with Crippen molar-refractivity contribution in [1.29, 1.82) is 5.26 Å². The van der Waals surface area contributed by atoms with Crippen molar-refractivity contribution >= 4 is 8.53 Å². The molecule has 2 heterocycles. The van der Waals surface area contributed by atoms with E-state index < -0.39 is 43.3 Å². The lowest BCUT2D eigenvalue weighted by atomic mass is 9.69. The number of rotatable bonds is 18. The highest BCUT2D eigenvalue weighted by Gasteiger charge is 2.64. The number of ether oxygens (including phenoxy) is 4. The molecule has 1 saturated heterocycles. The Labute approximate surface area is 336 Å². The molecule has 3 aromatic carbocycles. The van der Waals surface area contributed by atoms with E-state index >= 15 is 0 Å². The monoisotopic (exact) mass is 798 g/mol. The number of hydrogen-bond acceptors (Lipinski definition) is 10. The molecule has 1 N–H and O–H groups in total. The molecule has 1 aliphatic heterocycles. The second-order valence-corrected chi connectivity index (χ2v) is 16.6. The molecule has 2 unspecified atom stereocenters. The Morgan fingerprint density at radius 3 is 2.04 bits per heavy atom. The summed E-state index contributed by atoms with van der Waals surface area (Å²) in [6.45, 7) is 10.8. The molecular weight excluding hydrogens is 743 g/mol. The van der Waals surface area contributed by atoms with Gasteiger partial charge in [-0.15, -0.1) is 0 Å². The minimum Gasteiger partial charge on any atom is -0.497 e. The first kappa shape index (κ1) is 42.3. The van der Waals surface area contributed by atoms with Gasteiger partial charge in [-0.25, -0.2) is 9.46 Å². The Morgan fingerprint density at radius 1 is 0.912 bits per heavy atom. The maximum absolute atomic E-state index is 13.5. The Hall–Kier alpha value is -4.34. The number of hydrogen-bond donors (Lipinski definition) is 1. The van der Waals surface area contributed by atoms with Gasteiger partial charge in [0.1, 0.15) is 35.0 Å². The van der Waals surface area contributed by atoms with Gasteiger partial charge in [0, 0.05) is 30.3 Å². The SMILES string of the molecule is CCC1CC[C@H]2[C@H](n3ccc(=O)[nH]c3=O)O[C@]1(COC(c1ccccc1)(c1ccc(OC)cc1)c1ccc(OC)cc1)[C@H]2OP(OCCC#N)N(C(C)C)C(C)C. The average Bonchev–Trinajstić information content (AvgIpc) is 3.40. The minimum atomic E-state index is -1.72. The summed E-state index contributed by atoms with van der Waals surface area (Å²) in [7, 11) is 1.57. The molecule has 1 aliphatic carbocycles. The van der Waals surface area contributed by atoms with Crippen molar-refractivity contribution in [3.05, 3.63) is 129 Å². The lowest BCUT2D eigenvalue weighted by molar-refractivity contribution is -0.186. The largest absolute Gasteiger partial charge is 0.497 e. The van der Waals surface area contributed by atoms with E-state index in [2.05, 4.69) is 62.5 Å². The summed E-state index contributed by atoms with van der Waals surface area (Å²) >= 11 is 0. The van der Waals surface area contributed by atoms with Crippen molar-refractivity contribution in [1.82, 2.24) is 14.2 Å². The van der Waals surface area contributed by atoms with Crippen LogP contribution in [0.25, 0.3) is 0 Å². The lowest BCUT2D eigenvalue weighted by Crippen LogP contribution is -2.56. The summed E-state index contributed by atoms with van der Waals surface area (Å²) < 4.78 is 43.6. The molecule has 2 bridgehead atoms. The zero-order valence-electron chi connectivity index (χ0n) is 33.9. The molecule has 57 heavy (non-hydrogen) atoms. The zero-order valence-corrected chi connectivity index (χ0v) is 34.8. The zero-order chi connectivity index (χ0) is 40.7. The van der Waals surface area contributed by atoms with E-state index in [1.54, 1.807) is 14.2 Å². The molecule has 6 rings (SSSR count). The fourth-order valence-electron chi connectivity index (χ4n) is 8.68. The number of aromatic nitrogens is 2. The lowest BCUT2D eigenvalue weighted by Gasteiger charge is -2.48. The summed E-state index contributed by atoms with van der Waals surface area (Å²) in [6, 6.07) is 29.6. The summed E-state index contributed by atoms with van der Waals surface area (Å²) in [5, 5.41) is 9.47. The first-order valence-electron chi connectivity index (χ1n) is 19.8. The number of nitrogens with zero attached hydrogens (tertiary/aromatic N) is 3. The van der Waals surface area contributed by atoms with Crippen LogP contribution in [0.4, 0.5) is 0 Å². The van der Waals surface area contributed by atoms with E-state index in [1.165, 1.54) is 16.8 Å². The van der Waals surface area contributed by atoms with E-state index in [1.807, 2.05) is 66.7 Å². The minimum absolute atomic E-state index is 0.0510. The molecule has 13 heteroatoms. The van der Waals surface area contributed by atoms with Gasteiger partial charge in [-0.05, 0) is 87.4 Å². The van der Waals surface area contributed by atoms with Gasteiger partial charge in [0.05, 0.1) is 39.9 Å². The Kier molecular flexibility index (Phi) is 13.7. The van der Waals surface area contributed by atoms with Crippen LogP contribution < -0.4 is 20.7 Å². The molecule has 0 spiro atoms. The highest BCUT2D eigenvalue weighted by atomic mass is 31.2. The molecule has 6 atom stereocenters. The molecule has 304 valence electrons. The highest BCUT2D eigenvalue weighted by Crippen LogP contribution is 2.60. The van der Waals surface area contributed by atoms with Gasteiger partial charge in [0.15, 0.2) is 0 Å². The van der Waals surface area contributed by atoms with Crippen LogP contribution in [0.2, 0.25) is 0 Å². The molecule has 0 amide bonds. The quantitative estimate of drug-likeness (QED) is 0.0601. The van der Waals surface area contributed by atoms with Gasteiger partial charge in [-0.3, -0.25) is 14.3 Å². The summed E-state index contributed by atoms with van der Waals surface area (Å²) in [6.07, 6.45) is 2.59. The van der Waals surface area contributed by atoms with Gasteiger partial charge in [0.25, 0.3) is 14.1 Å². The molecule has 1 aromatic heterocycles. The molecule has 1 saturated carbocycles. The standard InChI is InChI=1S/C44H55N4O8P/c1-8-32-19-24-38-40(56-57(54-28-12-26-45)48(30(2)3)31(4)5)43(32,55-41(38)47-27-25-39(49)46-42(47)50)29-53-44(33-13-10-9-11-14-33,34-15-20-36(51-6)21-16-34)35-17-22-37(52-7)23-18-35/h9-11,13-18,20-23,25,27,30-32,38,40-41H,8,12,19,24,28-29H2,1-7H3,(H,46,49,50)/t32?,38-,40+,41-,43+,57?/m1/s1. The Balaban J connectivity index is 1.55. The fraction of sp³-hybridized carbons (Fsp3) is 0.477. The normalized spacial score (nSPS) is 22.5. The molecule has 2 aliphatic rings. The summed E-state index contributed by atoms with van der Waals surface area (Å²) in [4.78, 5) is 28.2. The second-order valence-electron chi connectivity index (χ2n) is 15.2. The van der Waals surface area contributed by atoms with E-state index in [-0.39, 0.29) is 43.6 Å². The number of fused-ring (bicyclic) bond motifs is 2. The molecule has 0 radical (unpaired) electrons. The maximum Gasteiger partial charge on any atom is 0.330 e. The van der Waals surface area contributed by atoms with Gasteiger partial charge < -0.3 is 28.0 Å². The predicted octanol–water partition coefficient (Wildman–Crippen LogP) is 7.93. The van der Waals surface area contributed by atoms with Crippen molar-refractivity contribution in [3.63, 3.8) is 0 Å².